The number of fused-ring (bicyclic) bond motifs is 1. The molecule has 1 spiro atoms. The molecule has 1 unspecified atom stereocenters. The van der Waals surface area contributed by atoms with Gasteiger partial charge in [-0.25, -0.2) is 0 Å². The number of benzene rings is 1. The Kier molecular flexibility index (Phi) is 3.96. The lowest BCUT2D eigenvalue weighted by molar-refractivity contribution is -0.0474. The minimum Gasteiger partial charge on any atom is -0.487 e. The smallest absolute Gasteiger partial charge is 0.126 e. The van der Waals surface area contributed by atoms with Crippen molar-refractivity contribution in [2.24, 2.45) is 5.92 Å². The van der Waals surface area contributed by atoms with E-state index in [-0.39, 0.29) is 5.60 Å². The molecular formula is C17H23ClO2. The summed E-state index contributed by atoms with van der Waals surface area (Å²) in [5, 5.41) is 11.1. The fourth-order valence-corrected chi connectivity index (χ4v) is 4.00. The van der Waals surface area contributed by atoms with Gasteiger partial charge in [-0.05, 0) is 49.8 Å². The highest BCUT2D eigenvalue weighted by Crippen LogP contribution is 2.48. The third kappa shape index (κ3) is 2.68. The van der Waals surface area contributed by atoms with Gasteiger partial charge in [0.05, 0.1) is 6.10 Å². The molecule has 110 valence electrons. The molecule has 1 atom stereocenters. The van der Waals surface area contributed by atoms with Crippen molar-refractivity contribution in [1.29, 1.82) is 0 Å². The summed E-state index contributed by atoms with van der Waals surface area (Å²) in [6.45, 7) is 2.26. The summed E-state index contributed by atoms with van der Waals surface area (Å²) in [5.74, 6) is 1.67. The number of halogens is 1. The van der Waals surface area contributed by atoms with Crippen molar-refractivity contribution >= 4 is 11.6 Å². The maximum absolute atomic E-state index is 10.4. The van der Waals surface area contributed by atoms with Gasteiger partial charge in [-0.15, -0.1) is 0 Å². The van der Waals surface area contributed by atoms with Gasteiger partial charge < -0.3 is 9.84 Å². The van der Waals surface area contributed by atoms with Crippen LogP contribution in [0.2, 0.25) is 5.02 Å². The Labute approximate surface area is 126 Å². The second-order valence-corrected chi connectivity index (χ2v) is 6.86. The van der Waals surface area contributed by atoms with E-state index in [4.69, 9.17) is 16.3 Å². The number of hydrogen-bond acceptors (Lipinski definition) is 2. The Bertz CT molecular complexity index is 478. The number of aliphatic hydroxyl groups is 1. The number of hydrogen-bond donors (Lipinski definition) is 1. The summed E-state index contributed by atoms with van der Waals surface area (Å²) in [6.07, 6.45) is 7.44. The maximum Gasteiger partial charge on any atom is 0.126 e. The quantitative estimate of drug-likeness (QED) is 0.842. The Morgan fingerprint density at radius 3 is 2.80 bits per heavy atom. The van der Waals surface area contributed by atoms with Crippen LogP contribution in [0.1, 0.15) is 63.5 Å². The Balaban J connectivity index is 1.76. The molecule has 1 heterocycles. The summed E-state index contributed by atoms with van der Waals surface area (Å²) in [6, 6.07) is 5.58. The summed E-state index contributed by atoms with van der Waals surface area (Å²) >= 11 is 6.01. The molecule has 1 aliphatic carbocycles. The first-order valence-corrected chi connectivity index (χ1v) is 8.16. The normalized spacial score (nSPS) is 32.8. The van der Waals surface area contributed by atoms with Gasteiger partial charge in [0.2, 0.25) is 0 Å². The average molecular weight is 295 g/mol. The van der Waals surface area contributed by atoms with Crippen LogP contribution in [0.25, 0.3) is 0 Å². The van der Waals surface area contributed by atoms with Gasteiger partial charge in [0.1, 0.15) is 11.4 Å². The lowest BCUT2D eigenvalue weighted by Crippen LogP contribution is -2.44. The van der Waals surface area contributed by atoms with Crippen LogP contribution in [-0.2, 0) is 0 Å². The largest absolute Gasteiger partial charge is 0.487 e. The van der Waals surface area contributed by atoms with Crippen LogP contribution < -0.4 is 4.74 Å². The molecule has 2 nitrogen and oxygen atoms in total. The molecule has 0 amide bonds. The molecule has 2 aliphatic rings. The summed E-state index contributed by atoms with van der Waals surface area (Å²) in [5.41, 5.74) is 0.698. The van der Waals surface area contributed by atoms with E-state index in [1.807, 2.05) is 18.2 Å². The Morgan fingerprint density at radius 1 is 1.35 bits per heavy atom. The molecule has 1 aromatic rings. The summed E-state index contributed by atoms with van der Waals surface area (Å²) < 4.78 is 6.29. The van der Waals surface area contributed by atoms with Gasteiger partial charge in [-0.3, -0.25) is 0 Å². The van der Waals surface area contributed by atoms with Crippen LogP contribution in [0, 0.1) is 5.92 Å². The molecule has 3 rings (SSSR count). The van der Waals surface area contributed by atoms with E-state index in [1.165, 1.54) is 25.7 Å². The summed E-state index contributed by atoms with van der Waals surface area (Å²) in [4.78, 5) is 0. The highest BCUT2D eigenvalue weighted by Gasteiger charge is 2.42. The maximum atomic E-state index is 10.4. The van der Waals surface area contributed by atoms with Crippen LogP contribution in [0.4, 0.5) is 0 Å². The predicted octanol–water partition coefficient (Wildman–Crippen LogP) is 4.89. The van der Waals surface area contributed by atoms with Crippen molar-refractivity contribution in [3.05, 3.63) is 28.8 Å². The molecular weight excluding hydrogens is 272 g/mol. The molecule has 1 aliphatic heterocycles. The molecule has 1 aromatic carbocycles. The highest BCUT2D eigenvalue weighted by molar-refractivity contribution is 6.30. The van der Waals surface area contributed by atoms with Crippen LogP contribution in [-0.4, -0.2) is 10.7 Å². The van der Waals surface area contributed by atoms with E-state index >= 15 is 0 Å². The molecule has 0 aromatic heterocycles. The molecule has 1 fully saturated rings. The summed E-state index contributed by atoms with van der Waals surface area (Å²) in [7, 11) is 0. The predicted molar refractivity (Wildman–Crippen MR) is 81.3 cm³/mol. The Morgan fingerprint density at radius 2 is 2.10 bits per heavy atom. The number of aliphatic hydroxyl groups excluding tert-OH is 1. The minimum absolute atomic E-state index is 0.148. The van der Waals surface area contributed by atoms with E-state index in [0.717, 1.165) is 30.1 Å². The first-order chi connectivity index (χ1) is 9.62. The average Bonchev–Trinajstić information content (AvgIpc) is 2.43. The standard InChI is InChI=1S/C17H23ClO2/c1-2-3-12-6-8-17(9-7-12)11-15(19)14-10-13(18)4-5-16(14)20-17/h4-5,10,12,15,19H,2-3,6-9,11H2,1H3. The van der Waals surface area contributed by atoms with E-state index in [0.29, 0.717) is 11.4 Å². The van der Waals surface area contributed by atoms with Crippen molar-refractivity contribution in [1.82, 2.24) is 0 Å². The third-order valence-corrected chi connectivity index (χ3v) is 5.17. The van der Waals surface area contributed by atoms with E-state index in [1.54, 1.807) is 0 Å². The van der Waals surface area contributed by atoms with Gasteiger partial charge in [-0.1, -0.05) is 31.4 Å². The fourth-order valence-electron chi connectivity index (χ4n) is 3.82. The second kappa shape index (κ2) is 5.57. The van der Waals surface area contributed by atoms with Gasteiger partial charge in [-0.2, -0.15) is 0 Å². The second-order valence-electron chi connectivity index (χ2n) is 6.42. The zero-order valence-corrected chi connectivity index (χ0v) is 12.8. The highest BCUT2D eigenvalue weighted by atomic mass is 35.5. The minimum atomic E-state index is -0.444. The number of rotatable bonds is 2. The molecule has 0 saturated heterocycles. The monoisotopic (exact) mass is 294 g/mol. The topological polar surface area (TPSA) is 29.5 Å². The van der Waals surface area contributed by atoms with Crippen LogP contribution >= 0.6 is 11.6 Å². The third-order valence-electron chi connectivity index (χ3n) is 4.94. The van der Waals surface area contributed by atoms with E-state index in [9.17, 15) is 5.11 Å². The molecule has 1 saturated carbocycles. The molecule has 3 heteroatoms. The van der Waals surface area contributed by atoms with E-state index < -0.39 is 6.10 Å². The van der Waals surface area contributed by atoms with Crippen molar-refractivity contribution in [2.45, 2.75) is 63.6 Å². The molecule has 0 radical (unpaired) electrons. The van der Waals surface area contributed by atoms with Crippen molar-refractivity contribution in [2.75, 3.05) is 0 Å². The lowest BCUT2D eigenvalue weighted by atomic mass is 9.73. The van der Waals surface area contributed by atoms with Gasteiger partial charge in [0.25, 0.3) is 0 Å². The first-order valence-electron chi connectivity index (χ1n) is 7.78. The van der Waals surface area contributed by atoms with Gasteiger partial charge >= 0.3 is 0 Å². The SMILES string of the molecule is CCCC1CCC2(CC1)CC(O)c1cc(Cl)ccc1O2. The molecule has 0 bridgehead atoms. The van der Waals surface area contributed by atoms with Gasteiger partial charge in [0, 0.05) is 17.0 Å². The van der Waals surface area contributed by atoms with Crippen LogP contribution in [0.3, 0.4) is 0 Å². The zero-order valence-electron chi connectivity index (χ0n) is 12.1. The number of ether oxygens (including phenoxy) is 1. The van der Waals surface area contributed by atoms with Crippen LogP contribution in [0.15, 0.2) is 18.2 Å². The molecule has 20 heavy (non-hydrogen) atoms. The zero-order chi connectivity index (χ0) is 14.2. The molecule has 1 N–H and O–H groups in total. The van der Waals surface area contributed by atoms with Gasteiger partial charge in [0.15, 0.2) is 0 Å². The first kappa shape index (κ1) is 14.2. The van der Waals surface area contributed by atoms with Crippen molar-refractivity contribution < 1.29 is 9.84 Å². The van der Waals surface area contributed by atoms with Crippen LogP contribution in [0.5, 0.6) is 5.75 Å². The Hall–Kier alpha value is -0.730. The van der Waals surface area contributed by atoms with Crippen molar-refractivity contribution in [3.63, 3.8) is 0 Å². The van der Waals surface area contributed by atoms with E-state index in [2.05, 4.69) is 6.92 Å². The van der Waals surface area contributed by atoms with Crippen molar-refractivity contribution in [3.8, 4) is 5.75 Å². The lowest BCUT2D eigenvalue weighted by Gasteiger charge is -2.45. The fraction of sp³-hybridized carbons (Fsp3) is 0.647.